The zero-order valence-corrected chi connectivity index (χ0v) is 11.6. The van der Waals surface area contributed by atoms with E-state index in [1.807, 2.05) is 30.3 Å². The molecule has 0 atom stereocenters. The highest BCUT2D eigenvalue weighted by Crippen LogP contribution is 2.28. The Labute approximate surface area is 124 Å². The molecule has 0 aliphatic carbocycles. The Morgan fingerprint density at radius 2 is 2.14 bits per heavy atom. The van der Waals surface area contributed by atoms with Gasteiger partial charge in [0, 0.05) is 0 Å². The number of imidazole rings is 1. The van der Waals surface area contributed by atoms with Gasteiger partial charge in [0.15, 0.2) is 16.7 Å². The molecule has 3 N–H and O–H groups in total. The van der Waals surface area contributed by atoms with E-state index in [4.69, 9.17) is 5.73 Å². The number of benzene rings is 1. The maximum absolute atomic E-state index is 12.0. The smallest absolute Gasteiger partial charge is 0.269 e. The molecule has 21 heavy (non-hydrogen) atoms. The molecule has 8 heteroatoms. The highest BCUT2D eigenvalue weighted by molar-refractivity contribution is 8.15. The summed E-state index contributed by atoms with van der Waals surface area (Å²) in [5, 5.41) is 0.473. The second-order valence-electron chi connectivity index (χ2n) is 4.21. The van der Waals surface area contributed by atoms with E-state index < -0.39 is 5.91 Å². The first-order chi connectivity index (χ1) is 10.2. The van der Waals surface area contributed by atoms with E-state index in [2.05, 4.69) is 15.0 Å². The van der Waals surface area contributed by atoms with Gasteiger partial charge in [0.05, 0.1) is 17.8 Å². The van der Waals surface area contributed by atoms with Gasteiger partial charge in [-0.1, -0.05) is 30.0 Å². The molecule has 0 bridgehead atoms. The lowest BCUT2D eigenvalue weighted by atomic mass is 10.3. The van der Waals surface area contributed by atoms with E-state index in [1.165, 1.54) is 23.0 Å². The van der Waals surface area contributed by atoms with Crippen LogP contribution in [0.5, 0.6) is 0 Å². The van der Waals surface area contributed by atoms with Crippen LogP contribution in [0.1, 0.15) is 10.5 Å². The fourth-order valence-corrected chi connectivity index (χ4v) is 2.79. The summed E-state index contributed by atoms with van der Waals surface area (Å²) in [6.07, 6.45) is 1.34. The van der Waals surface area contributed by atoms with Crippen LogP contribution in [0.25, 0.3) is 0 Å². The second kappa shape index (κ2) is 5.41. The molecule has 1 aliphatic rings. The Balaban J connectivity index is 2.01. The van der Waals surface area contributed by atoms with Crippen molar-refractivity contribution in [1.82, 2.24) is 9.97 Å². The Kier molecular flexibility index (Phi) is 3.44. The van der Waals surface area contributed by atoms with Crippen LogP contribution in [0.15, 0.2) is 41.7 Å². The number of primary amides is 1. The number of para-hydroxylation sites is 1. The molecule has 0 saturated carbocycles. The van der Waals surface area contributed by atoms with Crippen molar-refractivity contribution in [3.05, 3.63) is 42.4 Å². The molecule has 0 radical (unpaired) electrons. The number of H-pyrrole nitrogens is 1. The van der Waals surface area contributed by atoms with Crippen LogP contribution in [0, 0.1) is 0 Å². The van der Waals surface area contributed by atoms with Crippen LogP contribution in [0.2, 0.25) is 0 Å². The van der Waals surface area contributed by atoms with Gasteiger partial charge in [-0.15, -0.1) is 0 Å². The van der Waals surface area contributed by atoms with Gasteiger partial charge in [-0.2, -0.15) is 0 Å². The number of hydrogen-bond acceptors (Lipinski definition) is 5. The summed E-state index contributed by atoms with van der Waals surface area (Å²) in [6, 6.07) is 9.18. The normalized spacial score (nSPS) is 16.7. The van der Waals surface area contributed by atoms with Crippen molar-refractivity contribution in [3.8, 4) is 0 Å². The summed E-state index contributed by atoms with van der Waals surface area (Å²) in [5.74, 6) is -0.237. The summed E-state index contributed by atoms with van der Waals surface area (Å²) < 4.78 is 0. The quantitative estimate of drug-likeness (QED) is 0.890. The largest absolute Gasteiger partial charge is 0.364 e. The molecule has 1 saturated heterocycles. The maximum Gasteiger partial charge on any atom is 0.269 e. The van der Waals surface area contributed by atoms with Gasteiger partial charge in [0.1, 0.15) is 0 Å². The molecule has 0 unspecified atom stereocenters. The molecule has 2 heterocycles. The number of amidine groups is 1. The molecular weight excluding hydrogens is 290 g/mol. The monoisotopic (exact) mass is 301 g/mol. The van der Waals surface area contributed by atoms with Gasteiger partial charge in [-0.25, -0.2) is 9.98 Å². The van der Waals surface area contributed by atoms with Gasteiger partial charge < -0.3 is 10.7 Å². The van der Waals surface area contributed by atoms with E-state index in [0.29, 0.717) is 10.9 Å². The van der Waals surface area contributed by atoms with Crippen LogP contribution in [-0.2, 0) is 4.79 Å². The van der Waals surface area contributed by atoms with Crippen molar-refractivity contribution in [3.63, 3.8) is 0 Å². The van der Waals surface area contributed by atoms with E-state index >= 15 is 0 Å². The minimum atomic E-state index is -0.646. The Morgan fingerprint density at radius 1 is 1.38 bits per heavy atom. The van der Waals surface area contributed by atoms with Crippen LogP contribution < -0.4 is 10.6 Å². The predicted molar refractivity (Wildman–Crippen MR) is 80.6 cm³/mol. The summed E-state index contributed by atoms with van der Waals surface area (Å²) in [6.45, 7) is 0. The molecule has 3 rings (SSSR count). The Morgan fingerprint density at radius 3 is 2.86 bits per heavy atom. The van der Waals surface area contributed by atoms with Gasteiger partial charge in [0.25, 0.3) is 5.91 Å². The van der Waals surface area contributed by atoms with E-state index in [0.717, 1.165) is 5.69 Å². The number of carbonyl (C=O) groups excluding carboxylic acids is 2. The third-order valence-corrected chi connectivity index (χ3v) is 3.77. The molecule has 0 spiro atoms. The molecular formula is C13H11N5O2S. The maximum atomic E-state index is 12.0. The van der Waals surface area contributed by atoms with E-state index in [-0.39, 0.29) is 17.4 Å². The fraction of sp³-hybridized carbons (Fsp3) is 0.0769. The van der Waals surface area contributed by atoms with Crippen LogP contribution >= 0.6 is 11.8 Å². The number of carbonyl (C=O) groups is 2. The van der Waals surface area contributed by atoms with Crippen molar-refractivity contribution < 1.29 is 9.59 Å². The SMILES string of the molecule is NC(=O)c1[nH]cnc1N=C1SCC(=O)N1c1ccccc1. The van der Waals surface area contributed by atoms with Gasteiger partial charge in [0.2, 0.25) is 5.91 Å². The van der Waals surface area contributed by atoms with Crippen molar-refractivity contribution >= 4 is 40.2 Å². The number of thioether (sulfide) groups is 1. The second-order valence-corrected chi connectivity index (χ2v) is 5.16. The highest BCUT2D eigenvalue weighted by atomic mass is 32.2. The number of aromatic amines is 1. The fourth-order valence-electron chi connectivity index (χ4n) is 1.92. The zero-order chi connectivity index (χ0) is 14.8. The number of anilines is 1. The van der Waals surface area contributed by atoms with Crippen LogP contribution in [-0.4, -0.2) is 32.7 Å². The number of aromatic nitrogens is 2. The number of rotatable bonds is 3. The molecule has 1 aromatic carbocycles. The minimum Gasteiger partial charge on any atom is -0.364 e. The lowest BCUT2D eigenvalue weighted by molar-refractivity contribution is -0.115. The summed E-state index contributed by atoms with van der Waals surface area (Å²) in [5.41, 5.74) is 6.08. The predicted octanol–water partition coefficient (Wildman–Crippen LogP) is 1.28. The first kappa shape index (κ1) is 13.4. The number of nitrogens with zero attached hydrogens (tertiary/aromatic N) is 3. The van der Waals surface area contributed by atoms with Gasteiger partial charge in [-0.3, -0.25) is 14.5 Å². The zero-order valence-electron chi connectivity index (χ0n) is 10.8. The third-order valence-electron chi connectivity index (χ3n) is 2.85. The third kappa shape index (κ3) is 2.52. The lowest BCUT2D eigenvalue weighted by Gasteiger charge is -2.15. The highest BCUT2D eigenvalue weighted by Gasteiger charge is 2.30. The van der Waals surface area contributed by atoms with E-state index in [9.17, 15) is 9.59 Å². The summed E-state index contributed by atoms with van der Waals surface area (Å²) in [4.78, 5) is 35.7. The Bertz CT molecular complexity index is 725. The van der Waals surface area contributed by atoms with Crippen molar-refractivity contribution in [2.45, 2.75) is 0 Å². The molecule has 1 fully saturated rings. The average Bonchev–Trinajstić information content (AvgIpc) is 3.07. The summed E-state index contributed by atoms with van der Waals surface area (Å²) in [7, 11) is 0. The number of nitrogens with two attached hydrogens (primary N) is 1. The number of aliphatic imine (C=N–C) groups is 1. The standard InChI is InChI=1S/C13H11N5O2S/c14-11(20)10-12(16-7-15-10)17-13-18(9(19)6-21-13)8-4-2-1-3-5-8/h1-5,7H,6H2,(H2,14,20)(H,15,16). The average molecular weight is 301 g/mol. The summed E-state index contributed by atoms with van der Waals surface area (Å²) >= 11 is 1.29. The van der Waals surface area contributed by atoms with Crippen molar-refractivity contribution in [2.24, 2.45) is 10.7 Å². The Hall–Kier alpha value is -2.61. The number of amides is 2. The van der Waals surface area contributed by atoms with Crippen molar-refractivity contribution in [2.75, 3.05) is 10.7 Å². The number of hydrogen-bond donors (Lipinski definition) is 2. The minimum absolute atomic E-state index is 0.0684. The first-order valence-corrected chi connectivity index (χ1v) is 7.08. The van der Waals surface area contributed by atoms with Crippen molar-refractivity contribution in [1.29, 1.82) is 0 Å². The molecule has 1 aromatic heterocycles. The molecule has 1 aliphatic heterocycles. The first-order valence-electron chi connectivity index (χ1n) is 6.09. The molecule has 2 aromatic rings. The molecule has 7 nitrogen and oxygen atoms in total. The lowest BCUT2D eigenvalue weighted by Crippen LogP contribution is -2.29. The van der Waals surface area contributed by atoms with Crippen LogP contribution in [0.4, 0.5) is 11.5 Å². The van der Waals surface area contributed by atoms with Gasteiger partial charge >= 0.3 is 0 Å². The van der Waals surface area contributed by atoms with E-state index in [1.54, 1.807) is 0 Å². The van der Waals surface area contributed by atoms with Crippen LogP contribution in [0.3, 0.4) is 0 Å². The molecule has 106 valence electrons. The number of nitrogens with one attached hydrogen (secondary N) is 1. The topological polar surface area (TPSA) is 104 Å². The molecule has 2 amide bonds. The van der Waals surface area contributed by atoms with Gasteiger partial charge in [-0.05, 0) is 12.1 Å².